The zero-order valence-electron chi connectivity index (χ0n) is 12.9. The molecule has 0 radical (unpaired) electrons. The second kappa shape index (κ2) is 5.17. The van der Waals surface area contributed by atoms with Crippen molar-refractivity contribution in [2.75, 3.05) is 11.4 Å². The molecule has 4 heteroatoms. The maximum absolute atomic E-state index is 12.9. The van der Waals surface area contributed by atoms with Crippen molar-refractivity contribution in [3.8, 4) is 0 Å². The molecule has 2 aliphatic heterocycles. The molecular formula is C17H22N2O2. The summed E-state index contributed by atoms with van der Waals surface area (Å²) < 4.78 is 0. The molecule has 2 saturated heterocycles. The predicted molar refractivity (Wildman–Crippen MR) is 82.2 cm³/mol. The summed E-state index contributed by atoms with van der Waals surface area (Å²) >= 11 is 0. The fourth-order valence-electron chi connectivity index (χ4n) is 3.51. The van der Waals surface area contributed by atoms with E-state index in [4.69, 9.17) is 0 Å². The molecule has 0 bridgehead atoms. The van der Waals surface area contributed by atoms with Gasteiger partial charge in [-0.05, 0) is 37.3 Å². The second-order valence-corrected chi connectivity index (χ2v) is 6.29. The third-order valence-electron chi connectivity index (χ3n) is 4.62. The van der Waals surface area contributed by atoms with E-state index in [9.17, 15) is 9.59 Å². The van der Waals surface area contributed by atoms with E-state index in [1.54, 1.807) is 9.80 Å². The zero-order chi connectivity index (χ0) is 15.1. The molecule has 2 unspecified atom stereocenters. The van der Waals surface area contributed by atoms with Crippen LogP contribution in [0.4, 0.5) is 5.69 Å². The van der Waals surface area contributed by atoms with Gasteiger partial charge in [0.1, 0.15) is 12.1 Å². The summed E-state index contributed by atoms with van der Waals surface area (Å²) in [5, 5.41) is 0. The minimum Gasteiger partial charge on any atom is -0.329 e. The van der Waals surface area contributed by atoms with Crippen molar-refractivity contribution in [1.29, 1.82) is 0 Å². The van der Waals surface area contributed by atoms with Crippen LogP contribution in [-0.2, 0) is 9.59 Å². The summed E-state index contributed by atoms with van der Waals surface area (Å²) in [6.45, 7) is 6.79. The number of carbonyl (C=O) groups excluding carboxylic acids is 2. The Labute approximate surface area is 125 Å². The molecule has 1 aromatic rings. The van der Waals surface area contributed by atoms with Gasteiger partial charge in [-0.25, -0.2) is 0 Å². The Morgan fingerprint density at radius 1 is 1.14 bits per heavy atom. The summed E-state index contributed by atoms with van der Waals surface area (Å²) in [5.74, 6) is 0.473. The van der Waals surface area contributed by atoms with Crippen molar-refractivity contribution in [2.45, 2.75) is 51.6 Å². The van der Waals surface area contributed by atoms with Crippen molar-refractivity contribution in [2.24, 2.45) is 0 Å². The molecule has 2 fully saturated rings. The lowest BCUT2D eigenvalue weighted by molar-refractivity contribution is -0.143. The van der Waals surface area contributed by atoms with Gasteiger partial charge in [0.25, 0.3) is 5.91 Å². The molecule has 4 nitrogen and oxygen atoms in total. The van der Waals surface area contributed by atoms with Crippen molar-refractivity contribution in [3.63, 3.8) is 0 Å². The maximum atomic E-state index is 12.9. The average Bonchev–Trinajstić information content (AvgIpc) is 2.95. The molecular weight excluding hydrogens is 264 g/mol. The normalized spacial score (nSPS) is 25.7. The van der Waals surface area contributed by atoms with Gasteiger partial charge in [-0.3, -0.25) is 14.5 Å². The third kappa shape index (κ3) is 2.13. The van der Waals surface area contributed by atoms with Crippen LogP contribution in [0.5, 0.6) is 0 Å². The molecule has 0 N–H and O–H groups in total. The van der Waals surface area contributed by atoms with E-state index in [-0.39, 0.29) is 17.9 Å². The summed E-state index contributed by atoms with van der Waals surface area (Å²) in [5.41, 5.74) is 2.02. The van der Waals surface area contributed by atoms with Crippen LogP contribution < -0.4 is 4.90 Å². The Morgan fingerprint density at radius 2 is 1.86 bits per heavy atom. The van der Waals surface area contributed by atoms with Gasteiger partial charge in [0.15, 0.2) is 0 Å². The minimum absolute atomic E-state index is 0.0766. The minimum atomic E-state index is -0.410. The number of hydrogen-bond donors (Lipinski definition) is 0. The Kier molecular flexibility index (Phi) is 3.47. The van der Waals surface area contributed by atoms with Gasteiger partial charge in [0.05, 0.1) is 0 Å². The number of rotatable bonds is 2. The SMILES string of the molecule is CC(C)c1ccccc1N1C(=O)C2CCCN2C(=O)C1C. The number of amides is 2. The van der Waals surface area contributed by atoms with E-state index >= 15 is 0 Å². The van der Waals surface area contributed by atoms with Crippen LogP contribution in [-0.4, -0.2) is 35.3 Å². The van der Waals surface area contributed by atoms with Crippen LogP contribution in [0.15, 0.2) is 24.3 Å². The van der Waals surface area contributed by atoms with Crippen LogP contribution in [0.1, 0.15) is 45.1 Å². The van der Waals surface area contributed by atoms with Gasteiger partial charge in [-0.2, -0.15) is 0 Å². The standard InChI is InChI=1S/C17H22N2O2/c1-11(2)13-7-4-5-8-14(13)19-12(3)16(20)18-10-6-9-15(18)17(19)21/h4-5,7-8,11-12,15H,6,9-10H2,1-3H3. The van der Waals surface area contributed by atoms with Crippen LogP contribution in [0.3, 0.4) is 0 Å². The highest BCUT2D eigenvalue weighted by Crippen LogP contribution is 2.34. The predicted octanol–water partition coefficient (Wildman–Crippen LogP) is 2.54. The Morgan fingerprint density at radius 3 is 2.57 bits per heavy atom. The number of nitrogens with zero attached hydrogens (tertiary/aromatic N) is 2. The van der Waals surface area contributed by atoms with Crippen molar-refractivity contribution in [1.82, 2.24) is 4.90 Å². The molecule has 2 amide bonds. The molecule has 0 spiro atoms. The van der Waals surface area contributed by atoms with E-state index in [2.05, 4.69) is 13.8 Å². The van der Waals surface area contributed by atoms with Crippen molar-refractivity contribution < 1.29 is 9.59 Å². The highest BCUT2D eigenvalue weighted by Gasteiger charge is 2.46. The summed E-state index contributed by atoms with van der Waals surface area (Å²) in [6, 6.07) is 7.27. The van der Waals surface area contributed by atoms with Crippen LogP contribution in [0.25, 0.3) is 0 Å². The van der Waals surface area contributed by atoms with Crippen LogP contribution in [0, 0.1) is 0 Å². The Hall–Kier alpha value is -1.84. The molecule has 0 saturated carbocycles. The molecule has 2 heterocycles. The summed E-state index contributed by atoms with van der Waals surface area (Å²) in [4.78, 5) is 28.9. The van der Waals surface area contributed by atoms with Crippen LogP contribution >= 0.6 is 0 Å². The number of fused-ring (bicyclic) bond motifs is 1. The number of anilines is 1. The molecule has 112 valence electrons. The van der Waals surface area contributed by atoms with E-state index in [0.717, 1.165) is 30.6 Å². The van der Waals surface area contributed by atoms with Gasteiger partial charge >= 0.3 is 0 Å². The quantitative estimate of drug-likeness (QED) is 0.838. The number of hydrogen-bond acceptors (Lipinski definition) is 2. The van der Waals surface area contributed by atoms with E-state index in [1.807, 2.05) is 31.2 Å². The van der Waals surface area contributed by atoms with Gasteiger partial charge < -0.3 is 4.90 Å². The van der Waals surface area contributed by atoms with Gasteiger partial charge in [-0.15, -0.1) is 0 Å². The lowest BCUT2D eigenvalue weighted by Crippen LogP contribution is -2.62. The third-order valence-corrected chi connectivity index (χ3v) is 4.62. The first kappa shape index (κ1) is 14.1. The number of carbonyl (C=O) groups is 2. The fourth-order valence-corrected chi connectivity index (χ4v) is 3.51. The smallest absolute Gasteiger partial charge is 0.250 e. The average molecular weight is 286 g/mol. The van der Waals surface area contributed by atoms with E-state index in [1.165, 1.54) is 0 Å². The highest BCUT2D eigenvalue weighted by molar-refractivity contribution is 6.08. The molecule has 21 heavy (non-hydrogen) atoms. The topological polar surface area (TPSA) is 40.6 Å². The molecule has 3 rings (SSSR count). The maximum Gasteiger partial charge on any atom is 0.250 e. The molecule has 0 aromatic heterocycles. The van der Waals surface area contributed by atoms with Crippen molar-refractivity contribution in [3.05, 3.63) is 29.8 Å². The first-order chi connectivity index (χ1) is 10.0. The second-order valence-electron chi connectivity index (χ2n) is 6.29. The summed E-state index contributed by atoms with van der Waals surface area (Å²) in [7, 11) is 0. The Bertz CT molecular complexity index is 582. The zero-order valence-corrected chi connectivity index (χ0v) is 12.9. The molecule has 1 aromatic carbocycles. The highest BCUT2D eigenvalue weighted by atomic mass is 16.2. The lowest BCUT2D eigenvalue weighted by Gasteiger charge is -2.41. The molecule has 2 aliphatic rings. The fraction of sp³-hybridized carbons (Fsp3) is 0.529. The van der Waals surface area contributed by atoms with Gasteiger partial charge in [0.2, 0.25) is 5.91 Å². The van der Waals surface area contributed by atoms with E-state index in [0.29, 0.717) is 5.92 Å². The molecule has 0 aliphatic carbocycles. The number of piperazine rings is 1. The largest absolute Gasteiger partial charge is 0.329 e. The van der Waals surface area contributed by atoms with E-state index < -0.39 is 6.04 Å². The monoisotopic (exact) mass is 286 g/mol. The number of para-hydroxylation sites is 1. The lowest BCUT2D eigenvalue weighted by atomic mass is 9.97. The first-order valence-corrected chi connectivity index (χ1v) is 7.75. The summed E-state index contributed by atoms with van der Waals surface area (Å²) in [6.07, 6.45) is 1.71. The van der Waals surface area contributed by atoms with Gasteiger partial charge in [-0.1, -0.05) is 32.0 Å². The molecule has 2 atom stereocenters. The first-order valence-electron chi connectivity index (χ1n) is 7.75. The van der Waals surface area contributed by atoms with Crippen molar-refractivity contribution >= 4 is 17.5 Å². The number of benzene rings is 1. The Balaban J connectivity index is 2.05. The van der Waals surface area contributed by atoms with Gasteiger partial charge in [0, 0.05) is 12.2 Å². The van der Waals surface area contributed by atoms with Crippen LogP contribution in [0.2, 0.25) is 0 Å².